The van der Waals surface area contributed by atoms with Crippen LogP contribution in [0.5, 0.6) is 0 Å². The van der Waals surface area contributed by atoms with Crippen molar-refractivity contribution in [2.24, 2.45) is 16.5 Å². The predicted octanol–water partition coefficient (Wildman–Crippen LogP) is -0.513. The minimum atomic E-state index is -0.916. The Hall–Kier alpha value is -1.30. The van der Waals surface area contributed by atoms with Crippen molar-refractivity contribution in [2.75, 3.05) is 6.61 Å². The van der Waals surface area contributed by atoms with Crippen LogP contribution < -0.4 is 11.5 Å². The van der Waals surface area contributed by atoms with Gasteiger partial charge in [0.15, 0.2) is 11.7 Å². The largest absolute Gasteiger partial charge is 0.481 e. The predicted molar refractivity (Wildman–Crippen MR) is 48.1 cm³/mol. The minimum Gasteiger partial charge on any atom is -0.481 e. The molecule has 0 aliphatic rings. The second-order valence-corrected chi connectivity index (χ2v) is 2.98. The topological polar surface area (TPSA) is 111 Å². The fourth-order valence-corrected chi connectivity index (χ4v) is 0.731. The van der Waals surface area contributed by atoms with Gasteiger partial charge in [-0.1, -0.05) is 0 Å². The summed E-state index contributed by atoms with van der Waals surface area (Å²) in [7, 11) is 0. The molecule has 76 valence electrons. The molecule has 0 atom stereocenters. The van der Waals surface area contributed by atoms with Crippen LogP contribution in [0.1, 0.15) is 20.3 Å². The maximum atomic E-state index is 10.1. The third-order valence-corrected chi connectivity index (χ3v) is 1.17. The Bertz CT molecular complexity index is 209. The smallest absolute Gasteiger partial charge is 0.305 e. The number of ether oxygens (including phenoxy) is 1. The van der Waals surface area contributed by atoms with E-state index >= 15 is 0 Å². The number of hydrogen-bond acceptors (Lipinski definition) is 3. The number of hydrogen-bond donors (Lipinski definition) is 3. The molecule has 0 aromatic carbocycles. The average molecular weight is 189 g/mol. The van der Waals surface area contributed by atoms with Crippen LogP contribution in [0.4, 0.5) is 0 Å². The lowest BCUT2D eigenvalue weighted by molar-refractivity contribution is -0.139. The lowest BCUT2D eigenvalue weighted by Gasteiger charge is -2.19. The third-order valence-electron chi connectivity index (χ3n) is 1.17. The Morgan fingerprint density at radius 1 is 1.54 bits per heavy atom. The zero-order valence-corrected chi connectivity index (χ0v) is 7.78. The molecule has 0 rings (SSSR count). The highest BCUT2D eigenvalue weighted by Crippen LogP contribution is 2.10. The molecule has 0 spiro atoms. The van der Waals surface area contributed by atoms with Crippen molar-refractivity contribution in [2.45, 2.75) is 26.0 Å². The second-order valence-electron chi connectivity index (χ2n) is 2.98. The van der Waals surface area contributed by atoms with Gasteiger partial charge in [0.25, 0.3) is 0 Å². The molecule has 0 aromatic heterocycles. The molecule has 0 unspecified atom stereocenters. The average Bonchev–Trinajstić information content (AvgIpc) is 1.81. The Kier molecular flexibility index (Phi) is 4.19. The van der Waals surface area contributed by atoms with Crippen LogP contribution >= 0.6 is 0 Å². The van der Waals surface area contributed by atoms with Gasteiger partial charge in [0.1, 0.15) is 0 Å². The molecule has 13 heavy (non-hydrogen) atoms. The molecular weight excluding hydrogens is 174 g/mol. The number of carbonyl (C=O) groups is 1. The van der Waals surface area contributed by atoms with Crippen molar-refractivity contribution >= 4 is 11.9 Å². The van der Waals surface area contributed by atoms with Gasteiger partial charge in [-0.15, -0.1) is 0 Å². The van der Waals surface area contributed by atoms with E-state index in [2.05, 4.69) is 4.99 Å². The van der Waals surface area contributed by atoms with Crippen LogP contribution in [0.25, 0.3) is 0 Å². The first-order valence-corrected chi connectivity index (χ1v) is 3.80. The highest BCUT2D eigenvalue weighted by molar-refractivity contribution is 5.76. The van der Waals surface area contributed by atoms with Crippen molar-refractivity contribution in [3.8, 4) is 0 Å². The van der Waals surface area contributed by atoms with Crippen molar-refractivity contribution < 1.29 is 14.6 Å². The summed E-state index contributed by atoms with van der Waals surface area (Å²) < 4.78 is 5.12. The van der Waals surface area contributed by atoms with E-state index in [4.69, 9.17) is 21.3 Å². The van der Waals surface area contributed by atoms with E-state index in [1.807, 2.05) is 0 Å². The summed E-state index contributed by atoms with van der Waals surface area (Å²) in [5, 5.41) is 8.33. The molecule has 0 amide bonds. The number of aliphatic imine (C=N–C) groups is 1. The fourth-order valence-electron chi connectivity index (χ4n) is 0.731. The van der Waals surface area contributed by atoms with Crippen molar-refractivity contribution in [1.82, 2.24) is 0 Å². The highest BCUT2D eigenvalue weighted by Gasteiger charge is 2.16. The first-order chi connectivity index (χ1) is 5.83. The van der Waals surface area contributed by atoms with Gasteiger partial charge >= 0.3 is 5.97 Å². The molecule has 0 aliphatic carbocycles. The monoisotopic (exact) mass is 189 g/mol. The van der Waals surface area contributed by atoms with Gasteiger partial charge in [-0.3, -0.25) is 4.79 Å². The van der Waals surface area contributed by atoms with Gasteiger partial charge < -0.3 is 21.3 Å². The molecule has 0 saturated heterocycles. The van der Waals surface area contributed by atoms with Crippen LogP contribution in [0, 0.1) is 0 Å². The van der Waals surface area contributed by atoms with Gasteiger partial charge in [-0.25, -0.2) is 4.99 Å². The molecular formula is C7H15N3O3. The summed E-state index contributed by atoms with van der Waals surface area (Å²) in [6.45, 7) is 3.38. The molecule has 6 heteroatoms. The zero-order valence-electron chi connectivity index (χ0n) is 7.78. The Morgan fingerprint density at radius 3 is 2.46 bits per heavy atom. The van der Waals surface area contributed by atoms with Crippen LogP contribution in [0.2, 0.25) is 0 Å². The second kappa shape index (κ2) is 4.66. The van der Waals surface area contributed by atoms with Gasteiger partial charge in [-0.2, -0.15) is 0 Å². The summed E-state index contributed by atoms with van der Waals surface area (Å²) in [4.78, 5) is 13.9. The Balaban J connectivity index is 3.89. The van der Waals surface area contributed by atoms with Crippen LogP contribution in [0.3, 0.4) is 0 Å². The van der Waals surface area contributed by atoms with E-state index in [1.165, 1.54) is 0 Å². The molecule has 0 heterocycles. The van der Waals surface area contributed by atoms with E-state index in [0.29, 0.717) is 0 Å². The minimum absolute atomic E-state index is 0.0660. The standard InChI is InChI=1S/C7H15N3O3/c1-7(2,10-6(8)9)13-4-3-5(11)12/h3-4H2,1-2H3,(H,11,12)(H4,8,9,10). The van der Waals surface area contributed by atoms with Gasteiger partial charge in [0.05, 0.1) is 13.0 Å². The van der Waals surface area contributed by atoms with Crippen molar-refractivity contribution in [3.63, 3.8) is 0 Å². The summed E-state index contributed by atoms with van der Waals surface area (Å²) in [6, 6.07) is 0. The van der Waals surface area contributed by atoms with E-state index in [9.17, 15) is 4.79 Å². The molecule has 6 nitrogen and oxygen atoms in total. The number of aliphatic carboxylic acids is 1. The molecule has 0 saturated carbocycles. The van der Waals surface area contributed by atoms with Crippen LogP contribution in [0.15, 0.2) is 4.99 Å². The fraction of sp³-hybridized carbons (Fsp3) is 0.714. The summed E-state index contributed by atoms with van der Waals surface area (Å²) in [5.74, 6) is -0.999. The summed E-state index contributed by atoms with van der Waals surface area (Å²) >= 11 is 0. The van der Waals surface area contributed by atoms with Crippen LogP contribution in [-0.2, 0) is 9.53 Å². The normalized spacial score (nSPS) is 10.9. The zero-order chi connectivity index (χ0) is 10.5. The number of rotatable bonds is 5. The number of nitrogens with zero attached hydrogens (tertiary/aromatic N) is 1. The number of nitrogens with two attached hydrogens (primary N) is 2. The lowest BCUT2D eigenvalue weighted by Crippen LogP contribution is -2.31. The maximum Gasteiger partial charge on any atom is 0.305 e. The molecule has 0 aliphatic heterocycles. The third kappa shape index (κ3) is 7.07. The van der Waals surface area contributed by atoms with Crippen LogP contribution in [-0.4, -0.2) is 29.4 Å². The highest BCUT2D eigenvalue weighted by atomic mass is 16.5. The maximum absolute atomic E-state index is 10.1. The molecule has 0 aromatic rings. The summed E-state index contributed by atoms with van der Waals surface area (Å²) in [5.41, 5.74) is 9.42. The quantitative estimate of drug-likeness (QED) is 0.398. The molecule has 5 N–H and O–H groups in total. The van der Waals surface area contributed by atoms with Gasteiger partial charge in [-0.05, 0) is 13.8 Å². The van der Waals surface area contributed by atoms with E-state index in [1.54, 1.807) is 13.8 Å². The number of carboxylic acid groups (broad SMARTS) is 1. The van der Waals surface area contributed by atoms with Gasteiger partial charge in [0.2, 0.25) is 0 Å². The number of carboxylic acids is 1. The molecule has 0 bridgehead atoms. The van der Waals surface area contributed by atoms with E-state index in [0.717, 1.165) is 0 Å². The van der Waals surface area contributed by atoms with Crippen molar-refractivity contribution in [1.29, 1.82) is 0 Å². The lowest BCUT2D eigenvalue weighted by atomic mass is 10.3. The number of guanidine groups is 1. The van der Waals surface area contributed by atoms with E-state index in [-0.39, 0.29) is 19.0 Å². The Morgan fingerprint density at radius 2 is 2.08 bits per heavy atom. The Labute approximate surface area is 76.6 Å². The summed E-state index contributed by atoms with van der Waals surface area (Å²) in [6.07, 6.45) is -0.0660. The first-order valence-electron chi connectivity index (χ1n) is 3.80. The molecule has 0 radical (unpaired) electrons. The molecule has 0 fully saturated rings. The SMILES string of the molecule is CC(C)(N=C(N)N)OCCC(=O)O. The van der Waals surface area contributed by atoms with E-state index < -0.39 is 11.7 Å². The van der Waals surface area contributed by atoms with Gasteiger partial charge in [0, 0.05) is 0 Å². The van der Waals surface area contributed by atoms with Crippen molar-refractivity contribution in [3.05, 3.63) is 0 Å². The first kappa shape index (κ1) is 11.7.